The number of para-hydroxylation sites is 1. The van der Waals surface area contributed by atoms with Crippen molar-refractivity contribution in [3.8, 4) is 0 Å². The number of alkyl halides is 3. The Labute approximate surface area is 274 Å². The average molecular weight is 680 g/mol. The van der Waals surface area contributed by atoms with E-state index in [1.807, 2.05) is 24.3 Å². The summed E-state index contributed by atoms with van der Waals surface area (Å²) in [5.41, 5.74) is 5.81. The van der Waals surface area contributed by atoms with Crippen molar-refractivity contribution in [2.45, 2.75) is 63.3 Å². The number of hydrogen-bond donors (Lipinski definition) is 3. The number of nitrogens with one attached hydrogen (secondary N) is 1. The highest BCUT2D eigenvalue weighted by Gasteiger charge is 2.37. The van der Waals surface area contributed by atoms with Crippen LogP contribution in [0.2, 0.25) is 5.02 Å². The number of piperidine rings is 2. The fraction of sp³-hybridized carbons (Fsp3) is 0.500. The van der Waals surface area contributed by atoms with Gasteiger partial charge in [0.1, 0.15) is 6.10 Å². The summed E-state index contributed by atoms with van der Waals surface area (Å²) in [4.78, 5) is 56.2. The molecule has 1 atom stereocenters. The Morgan fingerprint density at radius 3 is 2.34 bits per heavy atom. The molecule has 4 N–H and O–H groups in total. The molecule has 15 heteroatoms. The van der Waals surface area contributed by atoms with Crippen LogP contribution in [0.1, 0.15) is 48.8 Å². The topological polar surface area (TPSA) is 146 Å². The smallest absolute Gasteiger partial charge is 0.450 e. The molecule has 0 radical (unpaired) electrons. The van der Waals surface area contributed by atoms with Crippen LogP contribution >= 0.6 is 11.6 Å². The standard InChI is InChI=1S/C32H37ClF3N5O6/c33-25-17-19(16-24(28(25)37)32(34,35)36)15-21(29(43)40-12-8-23(9-13-40)47-31(45)46)18-27(42)39-10-6-22(7-11-39)41-14-5-20-3-1-2-4-26(20)38-30(41)44/h1-4,16-17,21-23H,5-15,18,37H2,(H,38,44)(H,45,46)/t21-/m0/s1. The van der Waals surface area contributed by atoms with Gasteiger partial charge in [0.15, 0.2) is 0 Å². The van der Waals surface area contributed by atoms with Crippen LogP contribution < -0.4 is 11.1 Å². The highest BCUT2D eigenvalue weighted by molar-refractivity contribution is 6.33. The normalized spacial score (nSPS) is 18.6. The number of nitrogens with two attached hydrogens (primary N) is 1. The van der Waals surface area contributed by atoms with E-state index in [4.69, 9.17) is 27.2 Å². The molecule has 0 saturated carbocycles. The number of fused-ring (bicyclic) bond motifs is 1. The Bertz CT molecular complexity index is 1510. The number of halogens is 4. The molecule has 3 aliphatic heterocycles. The summed E-state index contributed by atoms with van der Waals surface area (Å²) in [6, 6.07) is 9.49. The van der Waals surface area contributed by atoms with Crippen molar-refractivity contribution >= 4 is 47.0 Å². The van der Waals surface area contributed by atoms with Gasteiger partial charge in [-0.2, -0.15) is 13.2 Å². The van der Waals surface area contributed by atoms with Crippen LogP contribution in [0.4, 0.5) is 34.1 Å². The zero-order valence-electron chi connectivity index (χ0n) is 25.6. The van der Waals surface area contributed by atoms with Crippen molar-refractivity contribution in [2.75, 3.05) is 43.8 Å². The third kappa shape index (κ3) is 8.21. The number of rotatable bonds is 7. The molecule has 3 aliphatic rings. The largest absolute Gasteiger partial charge is 0.506 e. The van der Waals surface area contributed by atoms with E-state index in [0.29, 0.717) is 38.9 Å². The molecule has 2 aromatic carbocycles. The number of carboxylic acid groups (broad SMARTS) is 1. The summed E-state index contributed by atoms with van der Waals surface area (Å²) < 4.78 is 45.9. The molecule has 0 unspecified atom stereocenters. The van der Waals surface area contributed by atoms with Crippen molar-refractivity contribution in [1.29, 1.82) is 0 Å². The van der Waals surface area contributed by atoms with Crippen molar-refractivity contribution in [3.05, 3.63) is 58.1 Å². The maximum absolute atomic E-state index is 13.8. The van der Waals surface area contributed by atoms with Gasteiger partial charge in [-0.3, -0.25) is 9.59 Å². The highest BCUT2D eigenvalue weighted by atomic mass is 35.5. The van der Waals surface area contributed by atoms with Crippen LogP contribution in [0.5, 0.6) is 0 Å². The number of carbonyl (C=O) groups is 4. The van der Waals surface area contributed by atoms with E-state index in [9.17, 15) is 32.3 Å². The van der Waals surface area contributed by atoms with Crippen LogP contribution in [0.25, 0.3) is 0 Å². The number of ether oxygens (including phenoxy) is 1. The highest BCUT2D eigenvalue weighted by Crippen LogP contribution is 2.38. The van der Waals surface area contributed by atoms with Gasteiger partial charge < -0.3 is 35.6 Å². The molecule has 0 spiro atoms. The Kier molecular flexibility index (Phi) is 10.4. The average Bonchev–Trinajstić information content (AvgIpc) is 3.19. The lowest BCUT2D eigenvalue weighted by Crippen LogP contribution is -2.50. The van der Waals surface area contributed by atoms with Gasteiger partial charge in [-0.15, -0.1) is 0 Å². The third-order valence-electron chi connectivity index (χ3n) is 9.17. The molecule has 3 heterocycles. The first-order chi connectivity index (χ1) is 22.3. The molecule has 0 aromatic heterocycles. The lowest BCUT2D eigenvalue weighted by Gasteiger charge is -2.38. The first-order valence-corrected chi connectivity index (χ1v) is 15.9. The summed E-state index contributed by atoms with van der Waals surface area (Å²) in [7, 11) is 0. The molecule has 2 aromatic rings. The molecular formula is C32H37ClF3N5O6. The Hall–Kier alpha value is -4.20. The fourth-order valence-electron chi connectivity index (χ4n) is 6.66. The van der Waals surface area contributed by atoms with Crippen LogP contribution in [0, 0.1) is 5.92 Å². The molecule has 5 rings (SSSR count). The van der Waals surface area contributed by atoms with E-state index in [-0.39, 0.29) is 67.3 Å². The quantitative estimate of drug-likeness (QED) is 0.268. The molecule has 4 amide bonds. The second kappa shape index (κ2) is 14.3. The summed E-state index contributed by atoms with van der Waals surface area (Å²) in [5, 5.41) is 11.6. The maximum Gasteiger partial charge on any atom is 0.506 e. The van der Waals surface area contributed by atoms with E-state index in [1.165, 1.54) is 11.0 Å². The lowest BCUT2D eigenvalue weighted by atomic mass is 9.91. The van der Waals surface area contributed by atoms with Crippen molar-refractivity contribution in [1.82, 2.24) is 14.7 Å². The van der Waals surface area contributed by atoms with Gasteiger partial charge in [0.05, 0.1) is 22.2 Å². The molecule has 2 fully saturated rings. The second-order valence-corrected chi connectivity index (χ2v) is 12.6. The van der Waals surface area contributed by atoms with Crippen molar-refractivity contribution in [2.24, 2.45) is 5.92 Å². The number of carbonyl (C=O) groups excluding carboxylic acids is 3. The molecule has 0 bridgehead atoms. The molecule has 0 aliphatic carbocycles. The molecule has 11 nitrogen and oxygen atoms in total. The van der Waals surface area contributed by atoms with Crippen LogP contribution in [0.3, 0.4) is 0 Å². The van der Waals surface area contributed by atoms with E-state index in [1.54, 1.807) is 9.80 Å². The maximum atomic E-state index is 13.8. The van der Waals surface area contributed by atoms with Crippen molar-refractivity contribution in [3.63, 3.8) is 0 Å². The first kappa shape index (κ1) is 34.1. The van der Waals surface area contributed by atoms with E-state index >= 15 is 0 Å². The van der Waals surface area contributed by atoms with Crippen molar-refractivity contribution < 1.29 is 42.2 Å². The SMILES string of the molecule is Nc1c(Cl)cc(C[C@@H](CC(=O)N2CCC(N3CCc4ccccc4NC3=O)CC2)C(=O)N2CCC(OC(=O)O)CC2)cc1C(F)(F)F. The third-order valence-corrected chi connectivity index (χ3v) is 9.48. The van der Waals surface area contributed by atoms with Crippen LogP contribution in [-0.4, -0.2) is 88.7 Å². The number of nitrogen functional groups attached to an aromatic ring is 1. The van der Waals surface area contributed by atoms with Gasteiger partial charge in [-0.05, 0) is 55.0 Å². The van der Waals surface area contributed by atoms with Gasteiger partial charge >= 0.3 is 18.4 Å². The lowest BCUT2D eigenvalue weighted by molar-refractivity contribution is -0.143. The summed E-state index contributed by atoms with van der Waals surface area (Å²) in [6.45, 7) is 1.59. The first-order valence-electron chi connectivity index (χ1n) is 15.6. The predicted octanol–water partition coefficient (Wildman–Crippen LogP) is 5.26. The Balaban J connectivity index is 1.27. The Morgan fingerprint density at radius 2 is 1.68 bits per heavy atom. The predicted molar refractivity (Wildman–Crippen MR) is 167 cm³/mol. The Morgan fingerprint density at radius 1 is 1.02 bits per heavy atom. The van der Waals surface area contributed by atoms with Gasteiger partial charge in [0.2, 0.25) is 11.8 Å². The van der Waals surface area contributed by atoms with Crippen LogP contribution in [0.15, 0.2) is 36.4 Å². The number of anilines is 2. The number of benzene rings is 2. The molecule has 254 valence electrons. The molecular weight excluding hydrogens is 643 g/mol. The number of likely N-dealkylation sites (tertiary alicyclic amines) is 2. The van der Waals surface area contributed by atoms with Crippen LogP contribution in [-0.2, 0) is 33.3 Å². The zero-order valence-corrected chi connectivity index (χ0v) is 26.4. The van der Waals surface area contributed by atoms with Gasteiger partial charge in [-0.25, -0.2) is 9.59 Å². The minimum Gasteiger partial charge on any atom is -0.450 e. The molecule has 47 heavy (non-hydrogen) atoms. The number of nitrogens with zero attached hydrogens (tertiary/aromatic N) is 3. The number of urea groups is 1. The summed E-state index contributed by atoms with van der Waals surface area (Å²) in [6.07, 6.45) is -4.93. The van der Waals surface area contributed by atoms with Gasteiger partial charge in [-0.1, -0.05) is 29.8 Å². The number of amides is 4. The van der Waals surface area contributed by atoms with E-state index < -0.39 is 41.5 Å². The van der Waals surface area contributed by atoms with Gasteiger partial charge in [0.25, 0.3) is 0 Å². The minimum atomic E-state index is -4.78. The monoisotopic (exact) mass is 679 g/mol. The van der Waals surface area contributed by atoms with E-state index in [2.05, 4.69) is 5.32 Å². The number of hydrogen-bond acceptors (Lipinski definition) is 6. The molecule has 2 saturated heterocycles. The van der Waals surface area contributed by atoms with Gasteiger partial charge in [0, 0.05) is 63.7 Å². The van der Waals surface area contributed by atoms with E-state index in [0.717, 1.165) is 17.3 Å². The zero-order chi connectivity index (χ0) is 33.9. The summed E-state index contributed by atoms with van der Waals surface area (Å²) >= 11 is 6.06. The fourth-order valence-corrected chi connectivity index (χ4v) is 6.90. The second-order valence-electron chi connectivity index (χ2n) is 12.2. The summed E-state index contributed by atoms with van der Waals surface area (Å²) in [5.74, 6) is -1.76. The minimum absolute atomic E-state index is 0.0854.